The van der Waals surface area contributed by atoms with Crippen molar-refractivity contribution >= 4 is 21.6 Å². The molecule has 0 aliphatic heterocycles. The molecular formula is C13H20BrNO3. The molecule has 0 aliphatic carbocycles. The molecule has 0 aliphatic rings. The molecule has 1 rings (SSSR count). The van der Waals surface area contributed by atoms with Crippen LogP contribution in [-0.2, 0) is 16.1 Å². The first-order chi connectivity index (χ1) is 8.72. The molecule has 0 fully saturated rings. The molecule has 1 aromatic carbocycles. The zero-order valence-corrected chi connectivity index (χ0v) is 12.4. The van der Waals surface area contributed by atoms with Crippen LogP contribution >= 0.6 is 15.9 Å². The lowest BCUT2D eigenvalue weighted by molar-refractivity contribution is 0.190. The Labute approximate surface area is 117 Å². The Kier molecular flexibility index (Phi) is 7.27. The van der Waals surface area contributed by atoms with Gasteiger partial charge in [0.15, 0.2) is 0 Å². The first-order valence-electron chi connectivity index (χ1n) is 5.85. The normalized spacial score (nSPS) is 10.7. The molecule has 0 amide bonds. The van der Waals surface area contributed by atoms with Gasteiger partial charge in [0.1, 0.15) is 0 Å². The SMILES string of the molecule is COCCN(CCOC)c1ccc(CO)c(Br)c1. The summed E-state index contributed by atoms with van der Waals surface area (Å²) in [6, 6.07) is 5.94. The molecule has 1 N–H and O–H groups in total. The Hall–Kier alpha value is -0.620. The third kappa shape index (κ3) is 4.57. The molecule has 0 unspecified atom stereocenters. The number of hydrogen-bond acceptors (Lipinski definition) is 4. The summed E-state index contributed by atoms with van der Waals surface area (Å²) in [6.45, 7) is 3.00. The molecule has 0 atom stereocenters. The average molecular weight is 318 g/mol. The van der Waals surface area contributed by atoms with Gasteiger partial charge in [-0.3, -0.25) is 0 Å². The van der Waals surface area contributed by atoms with E-state index in [1.54, 1.807) is 14.2 Å². The van der Waals surface area contributed by atoms with Crippen molar-refractivity contribution in [2.45, 2.75) is 6.61 Å². The van der Waals surface area contributed by atoms with Crippen molar-refractivity contribution in [2.24, 2.45) is 0 Å². The van der Waals surface area contributed by atoms with Gasteiger partial charge >= 0.3 is 0 Å². The van der Waals surface area contributed by atoms with E-state index in [0.29, 0.717) is 13.2 Å². The van der Waals surface area contributed by atoms with E-state index in [0.717, 1.165) is 28.8 Å². The second-order valence-electron chi connectivity index (χ2n) is 3.91. The summed E-state index contributed by atoms with van der Waals surface area (Å²) in [5.74, 6) is 0. The van der Waals surface area contributed by atoms with E-state index in [4.69, 9.17) is 14.6 Å². The summed E-state index contributed by atoms with van der Waals surface area (Å²) in [5.41, 5.74) is 1.98. The molecule has 0 saturated carbocycles. The highest BCUT2D eigenvalue weighted by Crippen LogP contribution is 2.24. The van der Waals surface area contributed by atoms with Gasteiger partial charge in [-0.1, -0.05) is 22.0 Å². The van der Waals surface area contributed by atoms with E-state index in [1.165, 1.54) is 0 Å². The molecule has 102 valence electrons. The Morgan fingerprint density at radius 3 is 2.22 bits per heavy atom. The molecule has 4 nitrogen and oxygen atoms in total. The van der Waals surface area contributed by atoms with Crippen molar-refractivity contribution in [3.63, 3.8) is 0 Å². The maximum absolute atomic E-state index is 9.15. The first kappa shape index (κ1) is 15.4. The van der Waals surface area contributed by atoms with Crippen molar-refractivity contribution in [3.05, 3.63) is 28.2 Å². The fraction of sp³-hybridized carbons (Fsp3) is 0.538. The van der Waals surface area contributed by atoms with Crippen LogP contribution in [0.1, 0.15) is 5.56 Å². The van der Waals surface area contributed by atoms with Gasteiger partial charge in [-0.2, -0.15) is 0 Å². The summed E-state index contributed by atoms with van der Waals surface area (Å²) < 4.78 is 11.1. The summed E-state index contributed by atoms with van der Waals surface area (Å²) >= 11 is 3.46. The van der Waals surface area contributed by atoms with Crippen LogP contribution in [0.15, 0.2) is 22.7 Å². The minimum absolute atomic E-state index is 0.0387. The minimum Gasteiger partial charge on any atom is -0.392 e. The molecule has 0 saturated heterocycles. The van der Waals surface area contributed by atoms with E-state index < -0.39 is 0 Å². The van der Waals surface area contributed by atoms with Crippen LogP contribution in [0.25, 0.3) is 0 Å². The Morgan fingerprint density at radius 2 is 1.78 bits per heavy atom. The Bertz CT molecular complexity index is 352. The van der Waals surface area contributed by atoms with Crippen LogP contribution in [0.5, 0.6) is 0 Å². The number of ether oxygens (including phenoxy) is 2. The Morgan fingerprint density at radius 1 is 1.17 bits per heavy atom. The molecule has 0 bridgehead atoms. The summed E-state index contributed by atoms with van der Waals surface area (Å²) in [5, 5.41) is 9.15. The smallest absolute Gasteiger partial charge is 0.0692 e. The van der Waals surface area contributed by atoms with Crippen molar-refractivity contribution in [3.8, 4) is 0 Å². The van der Waals surface area contributed by atoms with Crippen LogP contribution in [0.4, 0.5) is 5.69 Å². The van der Waals surface area contributed by atoms with Crippen LogP contribution < -0.4 is 4.90 Å². The molecule has 0 radical (unpaired) electrons. The quantitative estimate of drug-likeness (QED) is 0.796. The van der Waals surface area contributed by atoms with Crippen LogP contribution in [-0.4, -0.2) is 45.6 Å². The number of rotatable bonds is 8. The van der Waals surface area contributed by atoms with Crippen molar-refractivity contribution < 1.29 is 14.6 Å². The highest BCUT2D eigenvalue weighted by Gasteiger charge is 2.08. The molecule has 5 heteroatoms. The van der Waals surface area contributed by atoms with E-state index in [2.05, 4.69) is 20.8 Å². The minimum atomic E-state index is 0.0387. The van der Waals surface area contributed by atoms with Gasteiger partial charge in [-0.05, 0) is 17.7 Å². The Balaban J connectivity index is 2.79. The van der Waals surface area contributed by atoms with Crippen molar-refractivity contribution in [1.82, 2.24) is 0 Å². The molecule has 0 heterocycles. The van der Waals surface area contributed by atoms with Crippen LogP contribution in [0.2, 0.25) is 0 Å². The number of methoxy groups -OCH3 is 2. The zero-order chi connectivity index (χ0) is 13.4. The van der Waals surface area contributed by atoms with E-state index in [9.17, 15) is 0 Å². The molecule has 1 aromatic rings. The summed E-state index contributed by atoms with van der Waals surface area (Å²) in [7, 11) is 3.39. The lowest BCUT2D eigenvalue weighted by Gasteiger charge is -2.24. The first-order valence-corrected chi connectivity index (χ1v) is 6.64. The standard InChI is InChI=1S/C13H20BrNO3/c1-17-7-5-15(6-8-18-2)12-4-3-11(10-16)13(14)9-12/h3-4,9,16H,5-8,10H2,1-2H3. The lowest BCUT2D eigenvalue weighted by Crippen LogP contribution is -2.30. The topological polar surface area (TPSA) is 41.9 Å². The number of nitrogens with zero attached hydrogens (tertiary/aromatic N) is 1. The summed E-state index contributed by atoms with van der Waals surface area (Å²) in [6.07, 6.45) is 0. The van der Waals surface area contributed by atoms with Gasteiger partial charge in [-0.25, -0.2) is 0 Å². The average Bonchev–Trinajstić information content (AvgIpc) is 2.39. The van der Waals surface area contributed by atoms with Gasteiger partial charge in [0.25, 0.3) is 0 Å². The molecule has 18 heavy (non-hydrogen) atoms. The van der Waals surface area contributed by atoms with Crippen molar-refractivity contribution in [2.75, 3.05) is 45.4 Å². The van der Waals surface area contributed by atoms with Crippen LogP contribution in [0, 0.1) is 0 Å². The maximum atomic E-state index is 9.15. The van der Waals surface area contributed by atoms with E-state index >= 15 is 0 Å². The lowest BCUT2D eigenvalue weighted by atomic mass is 10.2. The van der Waals surface area contributed by atoms with E-state index in [-0.39, 0.29) is 6.61 Å². The molecule has 0 aromatic heterocycles. The highest BCUT2D eigenvalue weighted by molar-refractivity contribution is 9.10. The van der Waals surface area contributed by atoms with Gasteiger partial charge in [0.05, 0.1) is 19.8 Å². The van der Waals surface area contributed by atoms with Gasteiger partial charge < -0.3 is 19.5 Å². The number of anilines is 1. The number of hydrogen-bond donors (Lipinski definition) is 1. The largest absolute Gasteiger partial charge is 0.392 e. The number of halogens is 1. The highest BCUT2D eigenvalue weighted by atomic mass is 79.9. The zero-order valence-electron chi connectivity index (χ0n) is 10.9. The number of aliphatic hydroxyl groups excluding tert-OH is 1. The predicted molar refractivity (Wildman–Crippen MR) is 76.0 cm³/mol. The third-order valence-electron chi connectivity index (χ3n) is 2.70. The van der Waals surface area contributed by atoms with E-state index in [1.807, 2.05) is 18.2 Å². The monoisotopic (exact) mass is 317 g/mol. The predicted octanol–water partition coefficient (Wildman–Crippen LogP) is 2.04. The summed E-state index contributed by atoms with van der Waals surface area (Å²) in [4.78, 5) is 2.19. The molecular weight excluding hydrogens is 298 g/mol. The second kappa shape index (κ2) is 8.48. The molecule has 0 spiro atoms. The van der Waals surface area contributed by atoms with Gasteiger partial charge in [-0.15, -0.1) is 0 Å². The van der Waals surface area contributed by atoms with Crippen molar-refractivity contribution in [1.29, 1.82) is 0 Å². The van der Waals surface area contributed by atoms with Crippen LogP contribution in [0.3, 0.4) is 0 Å². The van der Waals surface area contributed by atoms with Gasteiger partial charge in [0, 0.05) is 37.5 Å². The fourth-order valence-corrected chi connectivity index (χ4v) is 2.13. The van der Waals surface area contributed by atoms with Gasteiger partial charge in [0.2, 0.25) is 0 Å². The number of aliphatic hydroxyl groups is 1. The third-order valence-corrected chi connectivity index (χ3v) is 3.44. The number of benzene rings is 1. The second-order valence-corrected chi connectivity index (χ2v) is 4.76. The fourth-order valence-electron chi connectivity index (χ4n) is 1.63. The maximum Gasteiger partial charge on any atom is 0.0692 e.